The predicted molar refractivity (Wildman–Crippen MR) is 96.7 cm³/mol. The van der Waals surface area contributed by atoms with Crippen LogP contribution in [0.3, 0.4) is 0 Å². The molecule has 1 aliphatic heterocycles. The molecular weight excluding hydrogens is 376 g/mol. The van der Waals surface area contributed by atoms with Crippen LogP contribution in [0, 0.1) is 0 Å². The van der Waals surface area contributed by atoms with Gasteiger partial charge in [-0.1, -0.05) is 11.6 Å². The zero-order valence-corrected chi connectivity index (χ0v) is 15.4. The summed E-state index contributed by atoms with van der Waals surface area (Å²) in [6.45, 7) is 2.35. The number of carbonyl (C=O) groups is 2. The van der Waals surface area contributed by atoms with Crippen molar-refractivity contribution in [3.8, 4) is 23.0 Å². The van der Waals surface area contributed by atoms with Gasteiger partial charge in [-0.3, -0.25) is 20.4 Å². The summed E-state index contributed by atoms with van der Waals surface area (Å²) in [7, 11) is 1.48. The average Bonchev–Trinajstić information content (AvgIpc) is 3.15. The third kappa shape index (κ3) is 4.01. The van der Waals surface area contributed by atoms with E-state index in [1.165, 1.54) is 25.3 Å². The highest BCUT2D eigenvalue weighted by atomic mass is 35.5. The van der Waals surface area contributed by atoms with E-state index in [1.54, 1.807) is 12.1 Å². The third-order valence-electron chi connectivity index (χ3n) is 3.70. The average molecular weight is 393 g/mol. The first-order chi connectivity index (χ1) is 13.0. The Morgan fingerprint density at radius 2 is 1.81 bits per heavy atom. The number of hydrogen-bond donors (Lipinski definition) is 2. The number of fused-ring (bicyclic) bond motifs is 1. The Labute approximate surface area is 160 Å². The van der Waals surface area contributed by atoms with Crippen molar-refractivity contribution in [2.24, 2.45) is 0 Å². The second-order valence-electron chi connectivity index (χ2n) is 5.40. The molecule has 27 heavy (non-hydrogen) atoms. The van der Waals surface area contributed by atoms with Crippen molar-refractivity contribution in [1.29, 1.82) is 0 Å². The molecular formula is C18H17ClN2O6. The van der Waals surface area contributed by atoms with Crippen molar-refractivity contribution in [3.63, 3.8) is 0 Å². The minimum atomic E-state index is -0.554. The Morgan fingerprint density at radius 3 is 2.52 bits per heavy atom. The van der Waals surface area contributed by atoms with Crippen LogP contribution in [0.15, 0.2) is 30.3 Å². The van der Waals surface area contributed by atoms with Crippen molar-refractivity contribution < 1.29 is 28.5 Å². The zero-order chi connectivity index (χ0) is 19.4. The van der Waals surface area contributed by atoms with E-state index in [0.717, 1.165) is 0 Å². The molecule has 0 spiro atoms. The monoisotopic (exact) mass is 392 g/mol. The number of amides is 2. The van der Waals surface area contributed by atoms with Gasteiger partial charge in [-0.2, -0.15) is 0 Å². The number of nitrogens with one attached hydrogen (secondary N) is 2. The minimum absolute atomic E-state index is 0.0381. The lowest BCUT2D eigenvalue weighted by molar-refractivity contribution is 0.0846. The molecule has 3 rings (SSSR count). The van der Waals surface area contributed by atoms with Gasteiger partial charge < -0.3 is 18.9 Å². The lowest BCUT2D eigenvalue weighted by Crippen LogP contribution is -2.41. The normalized spacial score (nSPS) is 11.7. The van der Waals surface area contributed by atoms with E-state index >= 15 is 0 Å². The summed E-state index contributed by atoms with van der Waals surface area (Å²) in [5.41, 5.74) is 5.17. The lowest BCUT2D eigenvalue weighted by atomic mass is 10.2. The van der Waals surface area contributed by atoms with Gasteiger partial charge in [0.1, 0.15) is 0 Å². The van der Waals surface area contributed by atoms with Gasteiger partial charge in [-0.05, 0) is 37.3 Å². The minimum Gasteiger partial charge on any atom is -0.493 e. The van der Waals surface area contributed by atoms with Crippen LogP contribution in [0.1, 0.15) is 27.6 Å². The van der Waals surface area contributed by atoms with Crippen molar-refractivity contribution in [3.05, 3.63) is 46.5 Å². The molecule has 0 saturated carbocycles. The lowest BCUT2D eigenvalue weighted by Gasteiger charge is -2.12. The van der Waals surface area contributed by atoms with Gasteiger partial charge in [0.15, 0.2) is 23.0 Å². The van der Waals surface area contributed by atoms with Crippen LogP contribution in [0.5, 0.6) is 23.0 Å². The number of hydrogen-bond acceptors (Lipinski definition) is 6. The number of hydrazine groups is 1. The molecule has 0 unspecified atom stereocenters. The van der Waals surface area contributed by atoms with Crippen LogP contribution in [-0.2, 0) is 0 Å². The molecule has 0 saturated heterocycles. The number of ether oxygens (including phenoxy) is 4. The van der Waals surface area contributed by atoms with Gasteiger partial charge in [-0.15, -0.1) is 0 Å². The van der Waals surface area contributed by atoms with Crippen molar-refractivity contribution in [2.45, 2.75) is 6.92 Å². The number of carbonyl (C=O) groups excluding carboxylic acids is 2. The summed E-state index contributed by atoms with van der Waals surface area (Å²) in [5.74, 6) is 0.626. The van der Waals surface area contributed by atoms with E-state index < -0.39 is 11.8 Å². The summed E-state index contributed by atoms with van der Waals surface area (Å²) >= 11 is 6.05. The van der Waals surface area contributed by atoms with Gasteiger partial charge in [0.2, 0.25) is 6.79 Å². The Kier molecular flexibility index (Phi) is 5.56. The van der Waals surface area contributed by atoms with Crippen LogP contribution in [0.2, 0.25) is 5.02 Å². The molecule has 0 radical (unpaired) electrons. The Morgan fingerprint density at radius 1 is 1.07 bits per heavy atom. The maximum absolute atomic E-state index is 12.3. The second-order valence-corrected chi connectivity index (χ2v) is 5.81. The molecule has 142 valence electrons. The first kappa shape index (κ1) is 18.7. The molecule has 2 N–H and O–H groups in total. The quantitative estimate of drug-likeness (QED) is 0.759. The van der Waals surface area contributed by atoms with Gasteiger partial charge in [0, 0.05) is 11.1 Å². The van der Waals surface area contributed by atoms with Crippen LogP contribution in [-0.4, -0.2) is 32.3 Å². The molecule has 2 amide bonds. The van der Waals surface area contributed by atoms with Crippen molar-refractivity contribution >= 4 is 23.4 Å². The molecule has 0 aliphatic carbocycles. The first-order valence-electron chi connectivity index (χ1n) is 8.04. The van der Waals surface area contributed by atoms with Gasteiger partial charge >= 0.3 is 0 Å². The van der Waals surface area contributed by atoms with Crippen molar-refractivity contribution in [1.82, 2.24) is 10.9 Å². The smallest absolute Gasteiger partial charge is 0.269 e. The van der Waals surface area contributed by atoms with Gasteiger partial charge in [0.25, 0.3) is 11.8 Å². The van der Waals surface area contributed by atoms with E-state index in [4.69, 9.17) is 30.5 Å². The molecule has 0 aromatic heterocycles. The maximum Gasteiger partial charge on any atom is 0.269 e. The highest BCUT2D eigenvalue weighted by Gasteiger charge is 2.21. The second kappa shape index (κ2) is 8.05. The summed E-state index contributed by atoms with van der Waals surface area (Å²) in [5, 5.41) is 0.248. The predicted octanol–water partition coefficient (Wildman–Crippen LogP) is 2.55. The molecule has 2 aromatic rings. The largest absolute Gasteiger partial charge is 0.493 e. The molecule has 2 aromatic carbocycles. The SMILES string of the molecule is CCOc1ccc(C(=O)NNC(=O)c2cc(Cl)c3c(c2)OCO3)cc1OC. The van der Waals surface area contributed by atoms with E-state index in [9.17, 15) is 9.59 Å². The molecule has 1 heterocycles. The fraction of sp³-hybridized carbons (Fsp3) is 0.222. The number of halogens is 1. The van der Waals surface area contributed by atoms with Gasteiger partial charge in [-0.25, -0.2) is 0 Å². The maximum atomic E-state index is 12.3. The van der Waals surface area contributed by atoms with Crippen LogP contribution in [0.25, 0.3) is 0 Å². The van der Waals surface area contributed by atoms with Crippen molar-refractivity contribution in [2.75, 3.05) is 20.5 Å². The summed E-state index contributed by atoms with van der Waals surface area (Å²) in [4.78, 5) is 24.5. The summed E-state index contributed by atoms with van der Waals surface area (Å²) < 4.78 is 21.0. The zero-order valence-electron chi connectivity index (χ0n) is 14.6. The summed E-state index contributed by atoms with van der Waals surface area (Å²) in [6.07, 6.45) is 0. The third-order valence-corrected chi connectivity index (χ3v) is 3.99. The molecule has 1 aliphatic rings. The number of rotatable bonds is 5. The molecule has 0 fully saturated rings. The Hall–Kier alpha value is -3.13. The van der Waals surface area contributed by atoms with E-state index in [-0.39, 0.29) is 17.4 Å². The fourth-order valence-corrected chi connectivity index (χ4v) is 2.71. The Balaban J connectivity index is 1.67. The first-order valence-corrected chi connectivity index (χ1v) is 8.42. The number of benzene rings is 2. The topological polar surface area (TPSA) is 95.1 Å². The molecule has 9 heteroatoms. The van der Waals surface area contributed by atoms with Crippen LogP contribution < -0.4 is 29.8 Å². The Bertz CT molecular complexity index is 886. The van der Waals surface area contributed by atoms with E-state index in [0.29, 0.717) is 35.2 Å². The highest BCUT2D eigenvalue weighted by Crippen LogP contribution is 2.39. The molecule has 8 nitrogen and oxygen atoms in total. The van der Waals surface area contributed by atoms with E-state index in [1.807, 2.05) is 6.92 Å². The number of methoxy groups -OCH3 is 1. The highest BCUT2D eigenvalue weighted by molar-refractivity contribution is 6.32. The standard InChI is InChI=1S/C18H17ClN2O6/c1-3-25-13-5-4-10(7-14(13)24-2)17(22)20-21-18(23)11-6-12(19)16-15(8-11)26-9-27-16/h4-8H,3,9H2,1-2H3,(H,20,22)(H,21,23). The van der Waals surface area contributed by atoms with Crippen LogP contribution >= 0.6 is 11.6 Å². The van der Waals surface area contributed by atoms with E-state index in [2.05, 4.69) is 10.9 Å². The van der Waals surface area contributed by atoms with Crippen LogP contribution in [0.4, 0.5) is 0 Å². The fourth-order valence-electron chi connectivity index (χ4n) is 2.44. The molecule has 0 atom stereocenters. The molecule has 0 bridgehead atoms. The summed E-state index contributed by atoms with van der Waals surface area (Å²) in [6, 6.07) is 7.61. The van der Waals surface area contributed by atoms with Gasteiger partial charge in [0.05, 0.1) is 18.7 Å².